The molecule has 0 heterocycles. The van der Waals surface area contributed by atoms with Gasteiger partial charge >= 0.3 is 5.97 Å². The zero-order valence-electron chi connectivity index (χ0n) is 11.5. The van der Waals surface area contributed by atoms with Gasteiger partial charge in [-0.15, -0.1) is 0 Å². The molecule has 0 aromatic heterocycles. The van der Waals surface area contributed by atoms with Crippen LogP contribution in [0, 0.1) is 11.8 Å². The Hall–Kier alpha value is -1.10. The summed E-state index contributed by atoms with van der Waals surface area (Å²) < 4.78 is 5.06. The minimum absolute atomic E-state index is 0.0213. The predicted molar refractivity (Wildman–Crippen MR) is 69.7 cm³/mol. The zero-order chi connectivity index (χ0) is 13.8. The molecular formula is C14H23NO4. The zero-order valence-corrected chi connectivity index (χ0v) is 11.5. The van der Waals surface area contributed by atoms with Crippen LogP contribution in [0.3, 0.4) is 0 Å². The number of methoxy groups -OCH3 is 1. The highest BCUT2D eigenvalue weighted by Gasteiger charge is 2.37. The number of carbonyl (C=O) groups excluding carboxylic acids is 1. The summed E-state index contributed by atoms with van der Waals surface area (Å²) in [7, 11) is 1.65. The van der Waals surface area contributed by atoms with Crippen molar-refractivity contribution in [1.29, 1.82) is 0 Å². The quantitative estimate of drug-likeness (QED) is 0.794. The van der Waals surface area contributed by atoms with Crippen molar-refractivity contribution in [2.45, 2.75) is 44.6 Å². The van der Waals surface area contributed by atoms with E-state index in [2.05, 4.69) is 0 Å². The summed E-state index contributed by atoms with van der Waals surface area (Å²) >= 11 is 0. The molecule has 108 valence electrons. The summed E-state index contributed by atoms with van der Waals surface area (Å²) in [6.07, 6.45) is 4.89. The molecule has 0 aromatic rings. The van der Waals surface area contributed by atoms with Gasteiger partial charge in [0.05, 0.1) is 12.5 Å². The molecule has 2 rings (SSSR count). The number of hydrogen-bond donors (Lipinski definition) is 1. The van der Waals surface area contributed by atoms with E-state index in [0.29, 0.717) is 44.9 Å². The molecule has 2 aliphatic rings. The average Bonchev–Trinajstić information content (AvgIpc) is 3.23. The third kappa shape index (κ3) is 3.69. The highest BCUT2D eigenvalue weighted by atomic mass is 16.5. The Morgan fingerprint density at radius 3 is 2.16 bits per heavy atom. The second-order valence-corrected chi connectivity index (χ2v) is 5.64. The van der Waals surface area contributed by atoms with Crippen LogP contribution in [0.4, 0.5) is 0 Å². The van der Waals surface area contributed by atoms with E-state index in [9.17, 15) is 9.59 Å². The lowest BCUT2D eigenvalue weighted by atomic mass is 9.81. The SMILES string of the molecule is COCCN(C(=O)C1CCC(C(=O)O)CC1)C1CC1. The lowest BCUT2D eigenvalue weighted by molar-refractivity contribution is -0.146. The van der Waals surface area contributed by atoms with E-state index >= 15 is 0 Å². The third-order valence-corrected chi connectivity index (χ3v) is 4.23. The monoisotopic (exact) mass is 269 g/mol. The molecule has 2 fully saturated rings. The van der Waals surface area contributed by atoms with Gasteiger partial charge in [0.15, 0.2) is 0 Å². The Balaban J connectivity index is 1.86. The van der Waals surface area contributed by atoms with Crippen molar-refractivity contribution in [3.63, 3.8) is 0 Å². The number of ether oxygens (including phenoxy) is 1. The summed E-state index contributed by atoms with van der Waals surface area (Å²) in [5.41, 5.74) is 0. The van der Waals surface area contributed by atoms with Crippen LogP contribution in [0.25, 0.3) is 0 Å². The largest absolute Gasteiger partial charge is 0.481 e. The van der Waals surface area contributed by atoms with Gasteiger partial charge in [0.25, 0.3) is 0 Å². The lowest BCUT2D eigenvalue weighted by Crippen LogP contribution is -2.41. The van der Waals surface area contributed by atoms with E-state index in [0.717, 1.165) is 12.8 Å². The molecule has 19 heavy (non-hydrogen) atoms. The number of hydrogen-bond acceptors (Lipinski definition) is 3. The van der Waals surface area contributed by atoms with E-state index in [1.807, 2.05) is 4.90 Å². The number of aliphatic carboxylic acids is 1. The minimum Gasteiger partial charge on any atom is -0.481 e. The lowest BCUT2D eigenvalue weighted by Gasteiger charge is -2.31. The van der Waals surface area contributed by atoms with Crippen molar-refractivity contribution in [2.75, 3.05) is 20.3 Å². The first kappa shape index (κ1) is 14.3. The van der Waals surface area contributed by atoms with Gasteiger partial charge in [-0.25, -0.2) is 0 Å². The Morgan fingerprint density at radius 1 is 1.11 bits per heavy atom. The second-order valence-electron chi connectivity index (χ2n) is 5.64. The molecular weight excluding hydrogens is 246 g/mol. The molecule has 1 amide bonds. The first-order valence-electron chi connectivity index (χ1n) is 7.15. The van der Waals surface area contributed by atoms with E-state index < -0.39 is 5.97 Å². The fraction of sp³-hybridized carbons (Fsp3) is 0.857. The summed E-state index contributed by atoms with van der Waals surface area (Å²) in [5, 5.41) is 8.97. The number of amides is 1. The molecule has 5 nitrogen and oxygen atoms in total. The van der Waals surface area contributed by atoms with Crippen molar-refractivity contribution >= 4 is 11.9 Å². The molecule has 2 saturated carbocycles. The molecule has 0 unspecified atom stereocenters. The summed E-state index contributed by atoms with van der Waals surface area (Å²) in [5.74, 6) is -0.738. The number of carboxylic acids is 1. The second kappa shape index (κ2) is 6.37. The van der Waals surface area contributed by atoms with Crippen molar-refractivity contribution in [3.8, 4) is 0 Å². The van der Waals surface area contributed by atoms with Crippen LogP contribution in [-0.4, -0.2) is 48.2 Å². The standard InChI is InChI=1S/C14H23NO4/c1-19-9-8-15(12-6-7-12)13(16)10-2-4-11(5-3-10)14(17)18/h10-12H,2-9H2,1H3,(H,17,18). The molecule has 0 bridgehead atoms. The van der Waals surface area contributed by atoms with Crippen molar-refractivity contribution in [2.24, 2.45) is 11.8 Å². The topological polar surface area (TPSA) is 66.8 Å². The Morgan fingerprint density at radius 2 is 1.68 bits per heavy atom. The van der Waals surface area contributed by atoms with Gasteiger partial charge in [0, 0.05) is 25.6 Å². The van der Waals surface area contributed by atoms with E-state index in [1.165, 1.54) is 0 Å². The number of rotatable bonds is 6. The van der Waals surface area contributed by atoms with Crippen LogP contribution in [0.2, 0.25) is 0 Å². The summed E-state index contributed by atoms with van der Waals surface area (Å²) in [6, 6.07) is 0.403. The van der Waals surface area contributed by atoms with Crippen LogP contribution in [0.1, 0.15) is 38.5 Å². The van der Waals surface area contributed by atoms with Gasteiger partial charge in [-0.1, -0.05) is 0 Å². The fourth-order valence-electron chi connectivity index (χ4n) is 2.87. The Bertz CT molecular complexity index is 332. The first-order chi connectivity index (χ1) is 9.13. The fourth-order valence-corrected chi connectivity index (χ4v) is 2.87. The molecule has 2 aliphatic carbocycles. The maximum Gasteiger partial charge on any atom is 0.306 e. The highest BCUT2D eigenvalue weighted by Crippen LogP contribution is 2.34. The number of carbonyl (C=O) groups is 2. The normalized spacial score (nSPS) is 27.0. The average molecular weight is 269 g/mol. The van der Waals surface area contributed by atoms with Crippen LogP contribution < -0.4 is 0 Å². The van der Waals surface area contributed by atoms with Crippen LogP contribution in [-0.2, 0) is 14.3 Å². The van der Waals surface area contributed by atoms with Crippen molar-refractivity contribution < 1.29 is 19.4 Å². The Labute approximate surface area is 113 Å². The van der Waals surface area contributed by atoms with Crippen molar-refractivity contribution in [1.82, 2.24) is 4.90 Å². The molecule has 0 atom stereocenters. The molecule has 1 N–H and O–H groups in total. The van der Waals surface area contributed by atoms with E-state index in [4.69, 9.17) is 9.84 Å². The highest BCUT2D eigenvalue weighted by molar-refractivity contribution is 5.80. The van der Waals surface area contributed by atoms with Gasteiger partial charge in [0.1, 0.15) is 0 Å². The third-order valence-electron chi connectivity index (χ3n) is 4.23. The molecule has 0 aliphatic heterocycles. The van der Waals surface area contributed by atoms with Gasteiger partial charge in [0.2, 0.25) is 5.91 Å². The number of carboxylic acid groups (broad SMARTS) is 1. The van der Waals surface area contributed by atoms with Gasteiger partial charge in [-0.3, -0.25) is 9.59 Å². The first-order valence-corrected chi connectivity index (χ1v) is 7.15. The van der Waals surface area contributed by atoms with Crippen molar-refractivity contribution in [3.05, 3.63) is 0 Å². The van der Waals surface area contributed by atoms with E-state index in [1.54, 1.807) is 7.11 Å². The van der Waals surface area contributed by atoms with Gasteiger partial charge in [-0.2, -0.15) is 0 Å². The molecule has 0 radical (unpaired) electrons. The van der Waals surface area contributed by atoms with Crippen LogP contribution in [0.15, 0.2) is 0 Å². The molecule has 0 spiro atoms. The van der Waals surface area contributed by atoms with Gasteiger partial charge in [-0.05, 0) is 38.5 Å². The van der Waals surface area contributed by atoms with Crippen LogP contribution >= 0.6 is 0 Å². The predicted octanol–water partition coefficient (Wildman–Crippen LogP) is 1.51. The Kier molecular flexibility index (Phi) is 4.80. The molecule has 0 aromatic carbocycles. The maximum absolute atomic E-state index is 12.5. The summed E-state index contributed by atoms with van der Waals surface area (Å²) in [6.45, 7) is 1.24. The molecule has 5 heteroatoms. The number of nitrogens with zero attached hydrogens (tertiary/aromatic N) is 1. The summed E-state index contributed by atoms with van der Waals surface area (Å²) in [4.78, 5) is 25.4. The maximum atomic E-state index is 12.5. The molecule has 0 saturated heterocycles. The minimum atomic E-state index is -0.718. The van der Waals surface area contributed by atoms with E-state index in [-0.39, 0.29) is 17.7 Å². The van der Waals surface area contributed by atoms with Crippen LogP contribution in [0.5, 0.6) is 0 Å². The smallest absolute Gasteiger partial charge is 0.306 e. The van der Waals surface area contributed by atoms with Gasteiger partial charge < -0.3 is 14.7 Å².